The number of methoxy groups -OCH3 is 1. The molecule has 78 valence electrons. The van der Waals surface area contributed by atoms with E-state index >= 15 is 0 Å². The molecule has 0 aliphatic rings. The second kappa shape index (κ2) is 5.14. The summed E-state index contributed by atoms with van der Waals surface area (Å²) in [5.41, 5.74) is 6.55. The molecule has 0 radical (unpaired) electrons. The highest BCUT2D eigenvalue weighted by atomic mass is 35.5. The van der Waals surface area contributed by atoms with Crippen molar-refractivity contribution in [2.24, 2.45) is 5.73 Å². The van der Waals surface area contributed by atoms with Crippen LogP contribution in [0.2, 0.25) is 5.02 Å². The van der Waals surface area contributed by atoms with Crippen LogP contribution in [0.15, 0.2) is 12.3 Å². The van der Waals surface area contributed by atoms with Crippen LogP contribution in [-0.4, -0.2) is 23.8 Å². The number of aliphatic hydroxyl groups excluding tert-OH is 1. The second-order valence-corrected chi connectivity index (χ2v) is 3.27. The van der Waals surface area contributed by atoms with Gasteiger partial charge in [0.1, 0.15) is 0 Å². The maximum absolute atomic E-state index is 8.75. The fourth-order valence-corrected chi connectivity index (χ4v) is 1.37. The van der Waals surface area contributed by atoms with Gasteiger partial charge < -0.3 is 15.6 Å². The van der Waals surface area contributed by atoms with Crippen molar-refractivity contribution in [1.82, 2.24) is 4.98 Å². The molecule has 1 heterocycles. The third kappa shape index (κ3) is 2.57. The zero-order valence-electron chi connectivity index (χ0n) is 7.90. The second-order valence-electron chi connectivity index (χ2n) is 2.87. The first kappa shape index (κ1) is 11.2. The molecule has 14 heavy (non-hydrogen) atoms. The smallest absolute Gasteiger partial charge is 0.213 e. The number of aliphatic hydroxyl groups is 1. The van der Waals surface area contributed by atoms with Crippen LogP contribution in [0.4, 0.5) is 0 Å². The quantitative estimate of drug-likeness (QED) is 0.792. The standard InChI is InChI=1S/C9H13ClN2O2/c1-14-9-4-6(7(10)5-12-9)8(11)2-3-13/h4-5,8,13H,2-3,11H2,1H3. The number of pyridine rings is 1. The van der Waals surface area contributed by atoms with Crippen molar-refractivity contribution < 1.29 is 9.84 Å². The lowest BCUT2D eigenvalue weighted by Gasteiger charge is -2.12. The van der Waals surface area contributed by atoms with E-state index in [1.54, 1.807) is 6.07 Å². The summed E-state index contributed by atoms with van der Waals surface area (Å²) < 4.78 is 4.95. The predicted octanol–water partition coefficient (Wildman–Crippen LogP) is 1.13. The van der Waals surface area contributed by atoms with Gasteiger partial charge in [-0.05, 0) is 12.0 Å². The fraction of sp³-hybridized carbons (Fsp3) is 0.444. The molecule has 0 fully saturated rings. The molecule has 1 rings (SSSR count). The molecule has 1 aromatic heterocycles. The van der Waals surface area contributed by atoms with E-state index in [0.29, 0.717) is 17.3 Å². The summed E-state index contributed by atoms with van der Waals surface area (Å²) in [4.78, 5) is 3.93. The Labute approximate surface area is 87.7 Å². The molecular formula is C9H13ClN2O2. The molecule has 4 nitrogen and oxygen atoms in total. The minimum absolute atomic E-state index is 0.0299. The summed E-state index contributed by atoms with van der Waals surface area (Å²) in [6, 6.07) is 1.40. The highest BCUT2D eigenvalue weighted by Gasteiger charge is 2.11. The van der Waals surface area contributed by atoms with Gasteiger partial charge in [-0.15, -0.1) is 0 Å². The van der Waals surface area contributed by atoms with Gasteiger partial charge in [-0.3, -0.25) is 0 Å². The Bertz CT molecular complexity index is 307. The van der Waals surface area contributed by atoms with Gasteiger partial charge in [0.15, 0.2) is 0 Å². The molecule has 0 saturated heterocycles. The van der Waals surface area contributed by atoms with Crippen molar-refractivity contribution in [2.75, 3.05) is 13.7 Å². The van der Waals surface area contributed by atoms with Crippen LogP contribution in [0.3, 0.4) is 0 Å². The largest absolute Gasteiger partial charge is 0.481 e. The number of hydrogen-bond acceptors (Lipinski definition) is 4. The van der Waals surface area contributed by atoms with E-state index < -0.39 is 0 Å². The van der Waals surface area contributed by atoms with Gasteiger partial charge >= 0.3 is 0 Å². The van der Waals surface area contributed by atoms with E-state index in [0.717, 1.165) is 5.56 Å². The van der Waals surface area contributed by atoms with Gasteiger partial charge in [-0.2, -0.15) is 0 Å². The van der Waals surface area contributed by atoms with E-state index in [4.69, 9.17) is 27.2 Å². The van der Waals surface area contributed by atoms with E-state index in [2.05, 4.69) is 4.98 Å². The first-order valence-corrected chi connectivity index (χ1v) is 4.62. The van der Waals surface area contributed by atoms with Gasteiger partial charge in [0.2, 0.25) is 5.88 Å². The normalized spacial score (nSPS) is 12.6. The van der Waals surface area contributed by atoms with Crippen molar-refractivity contribution in [3.63, 3.8) is 0 Å². The Balaban J connectivity index is 2.93. The number of nitrogens with zero attached hydrogens (tertiary/aromatic N) is 1. The number of halogens is 1. The Hall–Kier alpha value is -0.840. The van der Waals surface area contributed by atoms with Crippen molar-refractivity contribution in [3.05, 3.63) is 22.8 Å². The summed E-state index contributed by atoms with van der Waals surface area (Å²) in [7, 11) is 1.53. The molecule has 1 unspecified atom stereocenters. The van der Waals surface area contributed by atoms with Crippen LogP contribution in [0.1, 0.15) is 18.0 Å². The molecule has 0 amide bonds. The van der Waals surface area contributed by atoms with Crippen LogP contribution in [0, 0.1) is 0 Å². The molecular weight excluding hydrogens is 204 g/mol. The minimum atomic E-state index is -0.288. The number of aromatic nitrogens is 1. The fourth-order valence-electron chi connectivity index (χ4n) is 1.12. The summed E-state index contributed by atoms with van der Waals surface area (Å²) in [6.45, 7) is 0.0299. The van der Waals surface area contributed by atoms with Crippen LogP contribution in [-0.2, 0) is 0 Å². The first-order chi connectivity index (χ1) is 6.69. The SMILES string of the molecule is COc1cc(C(N)CCO)c(Cl)cn1. The Morgan fingerprint density at radius 1 is 1.71 bits per heavy atom. The summed E-state index contributed by atoms with van der Waals surface area (Å²) in [6.07, 6.45) is 1.96. The molecule has 5 heteroatoms. The van der Waals surface area contributed by atoms with Gasteiger partial charge in [-0.1, -0.05) is 11.6 Å². The van der Waals surface area contributed by atoms with Crippen LogP contribution < -0.4 is 10.5 Å². The van der Waals surface area contributed by atoms with Gasteiger partial charge in [0.25, 0.3) is 0 Å². The summed E-state index contributed by atoms with van der Waals surface area (Å²) in [5, 5.41) is 9.24. The van der Waals surface area contributed by atoms with Crippen LogP contribution in [0.25, 0.3) is 0 Å². The highest BCUT2D eigenvalue weighted by molar-refractivity contribution is 6.31. The first-order valence-electron chi connectivity index (χ1n) is 4.25. The molecule has 0 aliphatic heterocycles. The molecule has 0 bridgehead atoms. The Morgan fingerprint density at radius 3 is 3.00 bits per heavy atom. The number of hydrogen-bond donors (Lipinski definition) is 2. The van der Waals surface area contributed by atoms with Crippen molar-refractivity contribution >= 4 is 11.6 Å². The minimum Gasteiger partial charge on any atom is -0.481 e. The van der Waals surface area contributed by atoms with Crippen molar-refractivity contribution in [3.8, 4) is 5.88 Å². The number of nitrogens with two attached hydrogens (primary N) is 1. The predicted molar refractivity (Wildman–Crippen MR) is 54.4 cm³/mol. The average molecular weight is 217 g/mol. The monoisotopic (exact) mass is 216 g/mol. The molecule has 3 N–H and O–H groups in total. The highest BCUT2D eigenvalue weighted by Crippen LogP contribution is 2.25. The van der Waals surface area contributed by atoms with Gasteiger partial charge in [0, 0.05) is 24.9 Å². The topological polar surface area (TPSA) is 68.4 Å². The zero-order valence-corrected chi connectivity index (χ0v) is 8.66. The lowest BCUT2D eigenvalue weighted by atomic mass is 10.1. The molecule has 0 aliphatic carbocycles. The summed E-state index contributed by atoms with van der Waals surface area (Å²) >= 11 is 5.90. The van der Waals surface area contributed by atoms with Gasteiger partial charge in [0.05, 0.1) is 12.1 Å². The van der Waals surface area contributed by atoms with Gasteiger partial charge in [-0.25, -0.2) is 4.98 Å². The summed E-state index contributed by atoms with van der Waals surface area (Å²) in [5.74, 6) is 0.470. The Kier molecular flexibility index (Phi) is 4.13. The van der Waals surface area contributed by atoms with E-state index in [-0.39, 0.29) is 12.6 Å². The maximum atomic E-state index is 8.75. The van der Waals surface area contributed by atoms with Crippen molar-refractivity contribution in [2.45, 2.75) is 12.5 Å². The van der Waals surface area contributed by atoms with E-state index in [1.807, 2.05) is 0 Å². The molecule has 0 saturated carbocycles. The van der Waals surface area contributed by atoms with E-state index in [1.165, 1.54) is 13.3 Å². The van der Waals surface area contributed by atoms with Crippen molar-refractivity contribution in [1.29, 1.82) is 0 Å². The average Bonchev–Trinajstić information content (AvgIpc) is 2.19. The number of ether oxygens (including phenoxy) is 1. The maximum Gasteiger partial charge on any atom is 0.213 e. The third-order valence-corrected chi connectivity index (χ3v) is 2.22. The Morgan fingerprint density at radius 2 is 2.43 bits per heavy atom. The van der Waals surface area contributed by atoms with Crippen LogP contribution >= 0.6 is 11.6 Å². The molecule has 1 aromatic rings. The van der Waals surface area contributed by atoms with E-state index in [9.17, 15) is 0 Å². The number of rotatable bonds is 4. The third-order valence-electron chi connectivity index (χ3n) is 1.91. The lowest BCUT2D eigenvalue weighted by molar-refractivity contribution is 0.276. The molecule has 1 atom stereocenters. The molecule has 0 aromatic carbocycles. The molecule has 0 spiro atoms. The zero-order chi connectivity index (χ0) is 10.6. The van der Waals surface area contributed by atoms with Crippen LogP contribution in [0.5, 0.6) is 5.88 Å². The lowest BCUT2D eigenvalue weighted by Crippen LogP contribution is -2.12.